The molecule has 0 N–H and O–H groups in total. The minimum Gasteiger partial charge on any atom is -0.446 e. The minimum absolute atomic E-state index is 0.0350. The summed E-state index contributed by atoms with van der Waals surface area (Å²) in [5.74, 6) is -3.49. The molecule has 0 amide bonds. The van der Waals surface area contributed by atoms with Gasteiger partial charge in [0.15, 0.2) is 23.7 Å². The highest BCUT2D eigenvalue weighted by molar-refractivity contribution is 5.89. The van der Waals surface area contributed by atoms with Gasteiger partial charge in [-0.1, -0.05) is 0 Å². The Balaban J connectivity index is 2.15. The van der Waals surface area contributed by atoms with Crippen LogP contribution in [0.1, 0.15) is 21.1 Å². The molecule has 0 aliphatic carbocycles. The molecule has 0 unspecified atom stereocenters. The van der Waals surface area contributed by atoms with Crippen LogP contribution in [-0.2, 0) is 0 Å². The van der Waals surface area contributed by atoms with E-state index in [2.05, 4.69) is 0 Å². The van der Waals surface area contributed by atoms with Crippen LogP contribution >= 0.6 is 0 Å². The zero-order valence-electron chi connectivity index (χ0n) is 8.85. The lowest BCUT2D eigenvalue weighted by atomic mass is 10.3. The molecule has 0 spiro atoms. The van der Waals surface area contributed by atoms with Crippen LogP contribution in [0.4, 0.5) is 8.78 Å². The fourth-order valence-electron chi connectivity index (χ4n) is 1.22. The van der Waals surface area contributed by atoms with Crippen LogP contribution in [0.5, 0.6) is 5.75 Å². The average Bonchev–Trinajstić information content (AvgIpc) is 2.82. The van der Waals surface area contributed by atoms with Crippen molar-refractivity contribution >= 4 is 12.3 Å². The Kier molecular flexibility index (Phi) is 3.18. The molecule has 92 valence electrons. The number of ether oxygens (including phenoxy) is 1. The highest BCUT2D eigenvalue weighted by Crippen LogP contribution is 2.17. The average molecular weight is 252 g/mol. The van der Waals surface area contributed by atoms with Crippen molar-refractivity contribution in [1.82, 2.24) is 0 Å². The largest absolute Gasteiger partial charge is 0.446 e. The predicted molar refractivity (Wildman–Crippen MR) is 55.4 cm³/mol. The maximum absolute atomic E-state index is 12.9. The van der Waals surface area contributed by atoms with Crippen molar-refractivity contribution < 1.29 is 27.5 Å². The molecular weight excluding hydrogens is 246 g/mol. The summed E-state index contributed by atoms with van der Waals surface area (Å²) in [5, 5.41) is 0. The van der Waals surface area contributed by atoms with Crippen molar-refractivity contribution in [2.75, 3.05) is 0 Å². The summed E-state index contributed by atoms with van der Waals surface area (Å²) in [5.41, 5.74) is 0. The Morgan fingerprint density at radius 2 is 1.94 bits per heavy atom. The first-order valence-electron chi connectivity index (χ1n) is 4.82. The summed E-state index contributed by atoms with van der Waals surface area (Å²) in [6.45, 7) is 0. The van der Waals surface area contributed by atoms with Gasteiger partial charge < -0.3 is 9.15 Å². The van der Waals surface area contributed by atoms with Gasteiger partial charge in [0.2, 0.25) is 5.76 Å². The van der Waals surface area contributed by atoms with Crippen LogP contribution in [0.15, 0.2) is 34.7 Å². The molecule has 0 atom stereocenters. The molecule has 2 rings (SSSR count). The van der Waals surface area contributed by atoms with E-state index in [1.165, 1.54) is 12.1 Å². The van der Waals surface area contributed by atoms with Crippen LogP contribution in [-0.4, -0.2) is 12.3 Å². The van der Waals surface area contributed by atoms with E-state index in [-0.39, 0.29) is 17.3 Å². The van der Waals surface area contributed by atoms with E-state index < -0.39 is 17.6 Å². The third-order valence-electron chi connectivity index (χ3n) is 2.05. The first-order valence-corrected chi connectivity index (χ1v) is 4.82. The smallest absolute Gasteiger partial charge is 0.379 e. The number of carbonyl (C=O) groups excluding carboxylic acids is 2. The lowest BCUT2D eigenvalue weighted by Gasteiger charge is -2.02. The number of hydrogen-bond donors (Lipinski definition) is 0. The first-order chi connectivity index (χ1) is 8.60. The second kappa shape index (κ2) is 4.79. The van der Waals surface area contributed by atoms with Crippen LogP contribution < -0.4 is 4.74 Å². The summed E-state index contributed by atoms with van der Waals surface area (Å²) in [6.07, 6.45) is 0.425. The Hall–Kier alpha value is -2.50. The summed E-state index contributed by atoms with van der Waals surface area (Å²) in [4.78, 5) is 21.8. The summed E-state index contributed by atoms with van der Waals surface area (Å²) in [6, 6.07) is 5.19. The molecule has 4 nitrogen and oxygen atoms in total. The summed E-state index contributed by atoms with van der Waals surface area (Å²) < 4.78 is 35.0. The van der Waals surface area contributed by atoms with Gasteiger partial charge in [0.25, 0.3) is 0 Å². The molecule has 0 aliphatic rings. The molecule has 0 radical (unpaired) electrons. The predicted octanol–water partition coefficient (Wildman–Crippen LogP) is 2.59. The van der Waals surface area contributed by atoms with Crippen molar-refractivity contribution in [2.24, 2.45) is 0 Å². The Labute approximate surface area is 99.8 Å². The molecule has 1 aromatic carbocycles. The molecule has 18 heavy (non-hydrogen) atoms. The zero-order valence-corrected chi connectivity index (χ0v) is 8.85. The Morgan fingerprint density at radius 3 is 2.56 bits per heavy atom. The van der Waals surface area contributed by atoms with Gasteiger partial charge in [-0.2, -0.15) is 0 Å². The second-order valence-corrected chi connectivity index (χ2v) is 3.29. The Morgan fingerprint density at radius 1 is 1.17 bits per heavy atom. The van der Waals surface area contributed by atoms with Crippen molar-refractivity contribution in [3.8, 4) is 5.75 Å². The number of hydrogen-bond acceptors (Lipinski definition) is 4. The highest BCUT2D eigenvalue weighted by atomic mass is 19.2. The monoisotopic (exact) mass is 252 g/mol. The maximum atomic E-state index is 12.9. The highest BCUT2D eigenvalue weighted by Gasteiger charge is 2.14. The topological polar surface area (TPSA) is 56.5 Å². The second-order valence-electron chi connectivity index (χ2n) is 3.29. The van der Waals surface area contributed by atoms with Gasteiger partial charge >= 0.3 is 5.97 Å². The van der Waals surface area contributed by atoms with Crippen molar-refractivity contribution in [3.63, 3.8) is 0 Å². The number of rotatable bonds is 3. The first kappa shape index (κ1) is 12.0. The maximum Gasteiger partial charge on any atom is 0.379 e. The fraction of sp³-hybridized carbons (Fsp3) is 0. The SMILES string of the molecule is O=Cc1ccc(C(=O)Oc2ccc(F)c(F)c2)o1. The van der Waals surface area contributed by atoms with Crippen LogP contribution in [0.2, 0.25) is 0 Å². The van der Waals surface area contributed by atoms with E-state index in [9.17, 15) is 18.4 Å². The molecule has 0 aliphatic heterocycles. The summed E-state index contributed by atoms with van der Waals surface area (Å²) in [7, 11) is 0. The van der Waals surface area contributed by atoms with Gasteiger partial charge in [-0.05, 0) is 24.3 Å². The van der Waals surface area contributed by atoms with E-state index in [4.69, 9.17) is 9.15 Å². The quantitative estimate of drug-likeness (QED) is 0.478. The molecule has 1 aromatic heterocycles. The van der Waals surface area contributed by atoms with E-state index in [1.54, 1.807) is 0 Å². The molecular formula is C12H6F2O4. The Bertz CT molecular complexity index is 604. The molecule has 0 saturated carbocycles. The molecule has 1 heterocycles. The van der Waals surface area contributed by atoms with Crippen LogP contribution in [0, 0.1) is 11.6 Å². The number of esters is 1. The fourth-order valence-corrected chi connectivity index (χ4v) is 1.22. The van der Waals surface area contributed by atoms with Gasteiger partial charge in [0.1, 0.15) is 5.75 Å². The van der Waals surface area contributed by atoms with Gasteiger partial charge in [0.05, 0.1) is 0 Å². The molecule has 6 heteroatoms. The lowest BCUT2D eigenvalue weighted by molar-refractivity contribution is 0.0699. The van der Waals surface area contributed by atoms with Crippen molar-refractivity contribution in [2.45, 2.75) is 0 Å². The van der Waals surface area contributed by atoms with Crippen LogP contribution in [0.3, 0.4) is 0 Å². The number of aldehydes is 1. The molecule has 2 aromatic rings. The number of carbonyl (C=O) groups is 2. The minimum atomic E-state index is -1.13. The van der Waals surface area contributed by atoms with E-state index in [0.717, 1.165) is 18.2 Å². The number of halogens is 2. The number of benzene rings is 1. The normalized spacial score (nSPS) is 10.1. The van der Waals surface area contributed by atoms with Crippen molar-refractivity contribution in [3.05, 3.63) is 53.5 Å². The molecule has 0 bridgehead atoms. The summed E-state index contributed by atoms with van der Waals surface area (Å²) >= 11 is 0. The van der Waals surface area contributed by atoms with Crippen LogP contribution in [0.25, 0.3) is 0 Å². The van der Waals surface area contributed by atoms with Gasteiger partial charge in [-0.25, -0.2) is 13.6 Å². The van der Waals surface area contributed by atoms with E-state index in [0.29, 0.717) is 6.29 Å². The number of furan rings is 1. The van der Waals surface area contributed by atoms with Gasteiger partial charge in [0, 0.05) is 6.07 Å². The third kappa shape index (κ3) is 2.42. The standard InChI is InChI=1S/C12H6F2O4/c13-9-3-1-7(5-10(9)14)18-12(16)11-4-2-8(6-15)17-11/h1-6H. The van der Waals surface area contributed by atoms with Crippen molar-refractivity contribution in [1.29, 1.82) is 0 Å². The molecule has 0 fully saturated rings. The van der Waals surface area contributed by atoms with E-state index in [1.807, 2.05) is 0 Å². The van der Waals surface area contributed by atoms with Gasteiger partial charge in [-0.3, -0.25) is 4.79 Å². The molecule has 0 saturated heterocycles. The zero-order chi connectivity index (χ0) is 13.1. The third-order valence-corrected chi connectivity index (χ3v) is 2.05. The van der Waals surface area contributed by atoms with Gasteiger partial charge in [-0.15, -0.1) is 0 Å². The van der Waals surface area contributed by atoms with E-state index >= 15 is 0 Å². The lowest BCUT2D eigenvalue weighted by Crippen LogP contribution is -2.07.